The van der Waals surface area contributed by atoms with E-state index in [1.165, 1.54) is 0 Å². The average Bonchev–Trinajstić information content (AvgIpc) is 2.39. The summed E-state index contributed by atoms with van der Waals surface area (Å²) in [5.74, 6) is -1.01. The smallest absolute Gasteiger partial charge is 0.343 e. The fourth-order valence-electron chi connectivity index (χ4n) is 1.78. The van der Waals surface area contributed by atoms with Crippen molar-refractivity contribution in [2.75, 3.05) is 6.61 Å². The highest BCUT2D eigenvalue weighted by molar-refractivity contribution is 5.75. The standard InChI is InChI=1S/C14H19FO3/c1-3-18-14(17)13(15)12(16)9-10(2)11-7-5-4-6-8-11/h4-8,10,12-13,16H,3,9H2,1-2H3. The third-order valence-corrected chi connectivity index (χ3v) is 2.81. The van der Waals surface area contributed by atoms with Crippen molar-refractivity contribution >= 4 is 5.97 Å². The molecule has 0 saturated heterocycles. The van der Waals surface area contributed by atoms with Crippen LogP contribution in [0, 0.1) is 0 Å². The molecule has 1 aromatic rings. The molecule has 0 saturated carbocycles. The van der Waals surface area contributed by atoms with Gasteiger partial charge in [-0.15, -0.1) is 0 Å². The maximum Gasteiger partial charge on any atom is 0.343 e. The molecule has 1 N–H and O–H groups in total. The van der Waals surface area contributed by atoms with Gasteiger partial charge in [-0.05, 0) is 24.8 Å². The number of benzene rings is 1. The predicted molar refractivity (Wildman–Crippen MR) is 67.0 cm³/mol. The monoisotopic (exact) mass is 254 g/mol. The van der Waals surface area contributed by atoms with Crippen LogP contribution in [0.1, 0.15) is 31.7 Å². The maximum atomic E-state index is 13.5. The van der Waals surface area contributed by atoms with Crippen molar-refractivity contribution in [3.63, 3.8) is 0 Å². The summed E-state index contributed by atoms with van der Waals surface area (Å²) in [4.78, 5) is 11.1. The first kappa shape index (κ1) is 14.6. The second-order valence-electron chi connectivity index (χ2n) is 4.27. The fourth-order valence-corrected chi connectivity index (χ4v) is 1.78. The van der Waals surface area contributed by atoms with E-state index in [-0.39, 0.29) is 18.9 Å². The van der Waals surface area contributed by atoms with Crippen LogP contribution in [-0.2, 0) is 9.53 Å². The summed E-state index contributed by atoms with van der Waals surface area (Å²) in [5, 5.41) is 9.67. The molecule has 3 unspecified atom stereocenters. The van der Waals surface area contributed by atoms with E-state index in [0.29, 0.717) is 0 Å². The van der Waals surface area contributed by atoms with Crippen LogP contribution in [0.5, 0.6) is 0 Å². The molecule has 0 bridgehead atoms. The molecule has 1 rings (SSSR count). The molecule has 0 aliphatic carbocycles. The van der Waals surface area contributed by atoms with Gasteiger partial charge in [-0.25, -0.2) is 9.18 Å². The molecule has 100 valence electrons. The van der Waals surface area contributed by atoms with E-state index in [1.54, 1.807) is 6.92 Å². The molecule has 0 aliphatic rings. The lowest BCUT2D eigenvalue weighted by Crippen LogP contribution is -2.32. The molecule has 3 nitrogen and oxygen atoms in total. The molecule has 18 heavy (non-hydrogen) atoms. The van der Waals surface area contributed by atoms with Crippen LogP contribution in [0.4, 0.5) is 4.39 Å². The number of hydrogen-bond acceptors (Lipinski definition) is 3. The van der Waals surface area contributed by atoms with Gasteiger partial charge < -0.3 is 9.84 Å². The summed E-state index contributed by atoms with van der Waals surface area (Å²) in [6.45, 7) is 3.60. The van der Waals surface area contributed by atoms with Crippen molar-refractivity contribution in [2.24, 2.45) is 0 Å². The largest absolute Gasteiger partial charge is 0.464 e. The average molecular weight is 254 g/mol. The van der Waals surface area contributed by atoms with Gasteiger partial charge in [0.05, 0.1) is 12.7 Å². The summed E-state index contributed by atoms with van der Waals surface area (Å²) in [6.07, 6.45) is -3.13. The molecular formula is C14H19FO3. The number of aliphatic hydroxyl groups excluding tert-OH is 1. The van der Waals surface area contributed by atoms with Gasteiger partial charge in [0, 0.05) is 0 Å². The lowest BCUT2D eigenvalue weighted by molar-refractivity contribution is -0.153. The molecule has 0 aromatic heterocycles. The van der Waals surface area contributed by atoms with Crippen molar-refractivity contribution in [3.8, 4) is 0 Å². The zero-order chi connectivity index (χ0) is 13.5. The van der Waals surface area contributed by atoms with Crippen LogP contribution in [0.15, 0.2) is 30.3 Å². The van der Waals surface area contributed by atoms with E-state index >= 15 is 0 Å². The molecule has 0 fully saturated rings. The highest BCUT2D eigenvalue weighted by atomic mass is 19.1. The summed E-state index contributed by atoms with van der Waals surface area (Å²) in [7, 11) is 0. The predicted octanol–water partition coefficient (Wildman–Crippen LogP) is 2.44. The summed E-state index contributed by atoms with van der Waals surface area (Å²) < 4.78 is 18.1. The molecule has 0 aliphatic heterocycles. The molecule has 0 spiro atoms. The number of esters is 1. The van der Waals surface area contributed by atoms with Gasteiger partial charge >= 0.3 is 5.97 Å². The number of rotatable bonds is 6. The van der Waals surface area contributed by atoms with E-state index in [0.717, 1.165) is 5.56 Å². The Morgan fingerprint density at radius 1 is 1.39 bits per heavy atom. The van der Waals surface area contributed by atoms with Gasteiger partial charge in [0.2, 0.25) is 6.17 Å². The lowest BCUT2D eigenvalue weighted by atomic mass is 9.93. The van der Waals surface area contributed by atoms with Crippen molar-refractivity contribution in [3.05, 3.63) is 35.9 Å². The number of ether oxygens (including phenoxy) is 1. The second-order valence-corrected chi connectivity index (χ2v) is 4.27. The minimum atomic E-state index is -1.98. The van der Waals surface area contributed by atoms with Crippen LogP contribution in [0.2, 0.25) is 0 Å². The van der Waals surface area contributed by atoms with Gasteiger partial charge in [0.15, 0.2) is 0 Å². The third-order valence-electron chi connectivity index (χ3n) is 2.81. The Bertz CT molecular complexity index is 367. The third kappa shape index (κ3) is 4.11. The topological polar surface area (TPSA) is 46.5 Å². The van der Waals surface area contributed by atoms with Crippen molar-refractivity contribution in [2.45, 2.75) is 38.5 Å². The lowest BCUT2D eigenvalue weighted by Gasteiger charge is -2.19. The van der Waals surface area contributed by atoms with E-state index in [9.17, 15) is 14.3 Å². The summed E-state index contributed by atoms with van der Waals surface area (Å²) in [5.41, 5.74) is 1.01. The Kier molecular flexibility index (Phi) is 5.78. The Labute approximate surface area is 107 Å². The number of halogens is 1. The molecule has 0 amide bonds. The molecular weight excluding hydrogens is 235 g/mol. The SMILES string of the molecule is CCOC(=O)C(F)C(O)CC(C)c1ccccc1. The quantitative estimate of drug-likeness (QED) is 0.793. The second kappa shape index (κ2) is 7.11. The van der Waals surface area contributed by atoms with Crippen LogP contribution in [-0.4, -0.2) is 30.0 Å². The Morgan fingerprint density at radius 3 is 2.56 bits per heavy atom. The zero-order valence-corrected chi connectivity index (χ0v) is 10.7. The first-order valence-corrected chi connectivity index (χ1v) is 6.10. The van der Waals surface area contributed by atoms with Crippen molar-refractivity contribution in [1.82, 2.24) is 0 Å². The number of carbonyl (C=O) groups is 1. The van der Waals surface area contributed by atoms with Crippen LogP contribution in [0.25, 0.3) is 0 Å². The molecule has 3 atom stereocenters. The van der Waals surface area contributed by atoms with Crippen LogP contribution in [0.3, 0.4) is 0 Å². The summed E-state index contributed by atoms with van der Waals surface area (Å²) in [6, 6.07) is 9.49. The van der Waals surface area contributed by atoms with Gasteiger partial charge in [-0.2, -0.15) is 0 Å². The molecule has 0 radical (unpaired) electrons. The number of carbonyl (C=O) groups excluding carboxylic acids is 1. The van der Waals surface area contributed by atoms with E-state index in [4.69, 9.17) is 0 Å². The van der Waals surface area contributed by atoms with E-state index in [2.05, 4.69) is 4.74 Å². The molecule has 1 aromatic carbocycles. The van der Waals surface area contributed by atoms with Gasteiger partial charge in [-0.3, -0.25) is 0 Å². The fraction of sp³-hybridized carbons (Fsp3) is 0.500. The Morgan fingerprint density at radius 2 is 2.00 bits per heavy atom. The number of alkyl halides is 1. The van der Waals surface area contributed by atoms with Gasteiger partial charge in [0.25, 0.3) is 0 Å². The number of hydrogen-bond donors (Lipinski definition) is 1. The van der Waals surface area contributed by atoms with Crippen molar-refractivity contribution in [1.29, 1.82) is 0 Å². The number of aliphatic hydroxyl groups is 1. The van der Waals surface area contributed by atoms with Gasteiger partial charge in [-0.1, -0.05) is 37.3 Å². The summed E-state index contributed by atoms with van der Waals surface area (Å²) >= 11 is 0. The Balaban J connectivity index is 2.54. The van der Waals surface area contributed by atoms with Gasteiger partial charge in [0.1, 0.15) is 0 Å². The highest BCUT2D eigenvalue weighted by Crippen LogP contribution is 2.22. The van der Waals surface area contributed by atoms with Crippen LogP contribution >= 0.6 is 0 Å². The van der Waals surface area contributed by atoms with E-state index < -0.39 is 18.2 Å². The molecule has 0 heterocycles. The molecule has 4 heteroatoms. The Hall–Kier alpha value is -1.42. The first-order valence-electron chi connectivity index (χ1n) is 6.10. The maximum absolute atomic E-state index is 13.5. The van der Waals surface area contributed by atoms with Crippen molar-refractivity contribution < 1.29 is 19.0 Å². The van der Waals surface area contributed by atoms with E-state index in [1.807, 2.05) is 37.3 Å². The highest BCUT2D eigenvalue weighted by Gasteiger charge is 2.29. The minimum absolute atomic E-state index is 0.0196. The minimum Gasteiger partial charge on any atom is -0.464 e. The normalized spacial score (nSPS) is 15.8. The zero-order valence-electron chi connectivity index (χ0n) is 10.7. The van der Waals surface area contributed by atoms with Crippen LogP contribution < -0.4 is 0 Å². The first-order chi connectivity index (χ1) is 8.56.